The van der Waals surface area contributed by atoms with Crippen LogP contribution < -0.4 is 14.8 Å². The number of benzene rings is 2. The van der Waals surface area contributed by atoms with E-state index in [1.54, 1.807) is 20.3 Å². The van der Waals surface area contributed by atoms with Crippen LogP contribution in [0.25, 0.3) is 10.9 Å². The second kappa shape index (κ2) is 6.28. The van der Waals surface area contributed by atoms with E-state index >= 15 is 0 Å². The van der Waals surface area contributed by atoms with Crippen molar-refractivity contribution in [3.8, 4) is 11.5 Å². The summed E-state index contributed by atoms with van der Waals surface area (Å²) in [5.41, 5.74) is 3.26. The average Bonchev–Trinajstić information content (AvgIpc) is 2.93. The first-order valence-electron chi connectivity index (χ1n) is 7.63. The third-order valence-corrected chi connectivity index (χ3v) is 4.12. The lowest BCUT2D eigenvalue weighted by Gasteiger charge is -2.13. The highest BCUT2D eigenvalue weighted by Crippen LogP contribution is 2.33. The van der Waals surface area contributed by atoms with E-state index in [0.29, 0.717) is 22.7 Å². The normalized spacial score (nSPS) is 10.7. The number of carbonyl (C=O) groups excluding carboxylic acids is 1. The van der Waals surface area contributed by atoms with Gasteiger partial charge in [0, 0.05) is 35.9 Å². The maximum Gasteiger partial charge on any atom is 0.257 e. The van der Waals surface area contributed by atoms with Crippen molar-refractivity contribution in [3.63, 3.8) is 0 Å². The van der Waals surface area contributed by atoms with Gasteiger partial charge in [0.05, 0.1) is 19.8 Å². The van der Waals surface area contributed by atoms with Gasteiger partial charge in [-0.3, -0.25) is 4.79 Å². The van der Waals surface area contributed by atoms with Crippen LogP contribution in [-0.4, -0.2) is 24.7 Å². The summed E-state index contributed by atoms with van der Waals surface area (Å²) < 4.78 is 12.5. The number of nitrogens with one attached hydrogen (secondary N) is 1. The molecule has 0 spiro atoms. The van der Waals surface area contributed by atoms with E-state index in [0.717, 1.165) is 16.5 Å². The minimum absolute atomic E-state index is 0.151. The Hall–Kier alpha value is -2.95. The van der Waals surface area contributed by atoms with Gasteiger partial charge in [-0.1, -0.05) is 18.2 Å². The SMILES string of the molecule is COc1cc(C)c(NC(=O)c2cn(C)c3ccccc23)cc1OC. The molecule has 0 aliphatic rings. The number of aromatic nitrogens is 1. The smallest absolute Gasteiger partial charge is 0.257 e. The molecule has 0 saturated carbocycles. The summed E-state index contributed by atoms with van der Waals surface area (Å²) in [7, 11) is 5.09. The molecule has 0 atom stereocenters. The molecule has 0 aliphatic heterocycles. The zero-order chi connectivity index (χ0) is 17.3. The van der Waals surface area contributed by atoms with Crippen molar-refractivity contribution in [1.29, 1.82) is 0 Å². The quantitative estimate of drug-likeness (QED) is 0.795. The summed E-state index contributed by atoms with van der Waals surface area (Å²) >= 11 is 0. The number of aryl methyl sites for hydroxylation is 2. The monoisotopic (exact) mass is 324 g/mol. The Balaban J connectivity index is 1.97. The van der Waals surface area contributed by atoms with Crippen molar-refractivity contribution in [3.05, 3.63) is 53.7 Å². The number of amides is 1. The number of ether oxygens (including phenoxy) is 2. The minimum Gasteiger partial charge on any atom is -0.493 e. The van der Waals surface area contributed by atoms with Gasteiger partial charge in [0.1, 0.15) is 0 Å². The topological polar surface area (TPSA) is 52.5 Å². The van der Waals surface area contributed by atoms with Crippen molar-refractivity contribution >= 4 is 22.5 Å². The van der Waals surface area contributed by atoms with Crippen molar-refractivity contribution in [1.82, 2.24) is 4.57 Å². The van der Waals surface area contributed by atoms with Crippen molar-refractivity contribution < 1.29 is 14.3 Å². The van der Waals surface area contributed by atoms with Gasteiger partial charge in [-0.2, -0.15) is 0 Å². The summed E-state index contributed by atoms with van der Waals surface area (Å²) in [5, 5.41) is 3.90. The lowest BCUT2D eigenvalue weighted by Crippen LogP contribution is -2.12. The molecule has 0 radical (unpaired) electrons. The third kappa shape index (κ3) is 2.69. The van der Waals surface area contributed by atoms with Gasteiger partial charge in [0.2, 0.25) is 0 Å². The van der Waals surface area contributed by atoms with Gasteiger partial charge in [-0.25, -0.2) is 0 Å². The number of anilines is 1. The fourth-order valence-electron chi connectivity index (χ4n) is 2.83. The summed E-state index contributed by atoms with van der Waals surface area (Å²) in [6, 6.07) is 11.5. The van der Waals surface area contributed by atoms with Gasteiger partial charge in [-0.15, -0.1) is 0 Å². The van der Waals surface area contributed by atoms with Crippen LogP contribution in [0.4, 0.5) is 5.69 Å². The van der Waals surface area contributed by atoms with Crippen LogP contribution in [0.5, 0.6) is 11.5 Å². The van der Waals surface area contributed by atoms with E-state index in [4.69, 9.17) is 9.47 Å². The molecule has 0 saturated heterocycles. The van der Waals surface area contributed by atoms with Gasteiger partial charge in [0.15, 0.2) is 11.5 Å². The number of hydrogen-bond donors (Lipinski definition) is 1. The van der Waals surface area contributed by atoms with Crippen LogP contribution in [0.2, 0.25) is 0 Å². The number of methoxy groups -OCH3 is 2. The first-order chi connectivity index (χ1) is 11.5. The predicted molar refractivity (Wildman–Crippen MR) is 95.2 cm³/mol. The fourth-order valence-corrected chi connectivity index (χ4v) is 2.83. The van der Waals surface area contributed by atoms with Crippen molar-refractivity contribution in [2.75, 3.05) is 19.5 Å². The Morgan fingerprint density at radius 2 is 1.75 bits per heavy atom. The minimum atomic E-state index is -0.151. The van der Waals surface area contributed by atoms with E-state index < -0.39 is 0 Å². The maximum atomic E-state index is 12.8. The van der Waals surface area contributed by atoms with Gasteiger partial charge >= 0.3 is 0 Å². The Morgan fingerprint density at radius 1 is 1.08 bits per heavy atom. The van der Waals surface area contributed by atoms with Crippen molar-refractivity contribution in [2.45, 2.75) is 6.92 Å². The molecule has 3 rings (SSSR count). The Morgan fingerprint density at radius 3 is 2.46 bits per heavy atom. The van der Waals surface area contributed by atoms with Gasteiger partial charge in [-0.05, 0) is 24.6 Å². The second-order valence-corrected chi connectivity index (χ2v) is 5.65. The molecule has 0 bridgehead atoms. The van der Waals surface area contributed by atoms with Crippen molar-refractivity contribution in [2.24, 2.45) is 7.05 Å². The molecule has 24 heavy (non-hydrogen) atoms. The lowest BCUT2D eigenvalue weighted by molar-refractivity contribution is 0.102. The summed E-state index contributed by atoms with van der Waals surface area (Å²) in [6.45, 7) is 1.92. The number of nitrogens with zero attached hydrogens (tertiary/aromatic N) is 1. The number of para-hydroxylation sites is 1. The number of fused-ring (bicyclic) bond motifs is 1. The highest BCUT2D eigenvalue weighted by molar-refractivity contribution is 6.13. The molecule has 0 fully saturated rings. The molecule has 1 aromatic heterocycles. The summed E-state index contributed by atoms with van der Waals surface area (Å²) in [4.78, 5) is 12.8. The van der Waals surface area contributed by atoms with Crippen LogP contribution in [-0.2, 0) is 7.05 Å². The Labute approximate surface area is 140 Å². The molecule has 0 aliphatic carbocycles. The van der Waals surface area contributed by atoms with Gasteiger partial charge < -0.3 is 19.4 Å². The molecule has 1 N–H and O–H groups in total. The van der Waals surface area contributed by atoms with Crippen LogP contribution in [0.1, 0.15) is 15.9 Å². The van der Waals surface area contributed by atoms with Crippen LogP contribution in [0, 0.1) is 6.92 Å². The number of rotatable bonds is 4. The molecule has 1 amide bonds. The molecule has 1 heterocycles. The van der Waals surface area contributed by atoms with Crippen LogP contribution in [0.15, 0.2) is 42.6 Å². The zero-order valence-corrected chi connectivity index (χ0v) is 14.2. The average molecular weight is 324 g/mol. The van der Waals surface area contributed by atoms with E-state index in [1.165, 1.54) is 0 Å². The second-order valence-electron chi connectivity index (χ2n) is 5.65. The lowest BCUT2D eigenvalue weighted by atomic mass is 10.1. The highest BCUT2D eigenvalue weighted by Gasteiger charge is 2.16. The first-order valence-corrected chi connectivity index (χ1v) is 7.63. The fraction of sp³-hybridized carbons (Fsp3) is 0.211. The number of carbonyl (C=O) groups is 1. The van der Waals surface area contributed by atoms with Gasteiger partial charge in [0.25, 0.3) is 5.91 Å². The van der Waals surface area contributed by atoms with E-state index in [1.807, 2.05) is 55.1 Å². The van der Waals surface area contributed by atoms with E-state index in [9.17, 15) is 4.79 Å². The Kier molecular flexibility index (Phi) is 4.16. The van der Waals surface area contributed by atoms with E-state index in [2.05, 4.69) is 5.32 Å². The molecule has 3 aromatic rings. The largest absolute Gasteiger partial charge is 0.493 e. The summed E-state index contributed by atoms with van der Waals surface area (Å²) in [5.74, 6) is 1.07. The molecular formula is C19H20N2O3. The maximum absolute atomic E-state index is 12.8. The van der Waals surface area contributed by atoms with E-state index in [-0.39, 0.29) is 5.91 Å². The third-order valence-electron chi connectivity index (χ3n) is 4.12. The molecule has 124 valence electrons. The Bertz CT molecular complexity index is 912. The molecule has 5 nitrogen and oxygen atoms in total. The first kappa shape index (κ1) is 15.9. The summed E-state index contributed by atoms with van der Waals surface area (Å²) in [6.07, 6.45) is 1.84. The molecule has 2 aromatic carbocycles. The highest BCUT2D eigenvalue weighted by atomic mass is 16.5. The van der Waals surface area contributed by atoms with Crippen LogP contribution in [0.3, 0.4) is 0 Å². The zero-order valence-electron chi connectivity index (χ0n) is 14.2. The molecular weight excluding hydrogens is 304 g/mol. The molecule has 5 heteroatoms. The molecule has 0 unspecified atom stereocenters. The standard InChI is InChI=1S/C19H20N2O3/c1-12-9-17(23-3)18(24-4)10-15(12)20-19(22)14-11-21(2)16-8-6-5-7-13(14)16/h5-11H,1-4H3,(H,20,22). The van der Waals surface area contributed by atoms with Crippen LogP contribution >= 0.6 is 0 Å². The number of hydrogen-bond acceptors (Lipinski definition) is 3. The predicted octanol–water partition coefficient (Wildman–Crippen LogP) is 3.76.